The van der Waals surface area contributed by atoms with Crippen molar-refractivity contribution in [1.82, 2.24) is 10.6 Å². The molecule has 16 heavy (non-hydrogen) atoms. The van der Waals surface area contributed by atoms with Gasteiger partial charge in [-0.15, -0.1) is 0 Å². The summed E-state index contributed by atoms with van der Waals surface area (Å²) in [4.78, 5) is 10.9. The minimum Gasteiger partial charge on any atom is -0.336 e. The molecule has 1 aromatic carbocycles. The van der Waals surface area contributed by atoms with Crippen LogP contribution in [0.4, 0.5) is 18.0 Å². The van der Waals surface area contributed by atoms with Crippen LogP contribution in [0.5, 0.6) is 0 Å². The van der Waals surface area contributed by atoms with Gasteiger partial charge in [0.15, 0.2) is 0 Å². The summed E-state index contributed by atoms with van der Waals surface area (Å²) >= 11 is 0. The summed E-state index contributed by atoms with van der Waals surface area (Å²) in [6.45, 7) is 0.173. The Morgan fingerprint density at radius 2 is 1.94 bits per heavy atom. The number of hydrogen-bond donors (Lipinski definition) is 2. The molecule has 0 aromatic heterocycles. The average molecular weight is 230 g/mol. The van der Waals surface area contributed by atoms with E-state index in [-0.39, 0.29) is 12.1 Å². The molecule has 1 atom stereocenters. The summed E-state index contributed by atoms with van der Waals surface area (Å²) in [7, 11) is 0. The number of benzene rings is 1. The van der Waals surface area contributed by atoms with Crippen LogP contribution < -0.4 is 10.6 Å². The highest BCUT2D eigenvalue weighted by atomic mass is 19.4. The zero-order chi connectivity index (χ0) is 11.8. The Morgan fingerprint density at radius 1 is 1.25 bits per heavy atom. The maximum absolute atomic E-state index is 12.7. The first-order valence-corrected chi connectivity index (χ1v) is 4.69. The van der Waals surface area contributed by atoms with Gasteiger partial charge in [-0.2, -0.15) is 13.2 Å². The van der Waals surface area contributed by atoms with Gasteiger partial charge in [0.1, 0.15) is 0 Å². The van der Waals surface area contributed by atoms with Crippen LogP contribution in [0.1, 0.15) is 17.2 Å². The lowest BCUT2D eigenvalue weighted by molar-refractivity contribution is -0.138. The van der Waals surface area contributed by atoms with Gasteiger partial charge in [-0.1, -0.05) is 18.2 Å². The molecule has 86 valence electrons. The number of hydrogen-bond acceptors (Lipinski definition) is 1. The Balaban J connectivity index is 2.37. The molecule has 0 saturated carbocycles. The molecule has 1 fully saturated rings. The van der Waals surface area contributed by atoms with Crippen molar-refractivity contribution in [2.45, 2.75) is 12.2 Å². The van der Waals surface area contributed by atoms with Crippen LogP contribution in [0.2, 0.25) is 0 Å². The second-order valence-electron chi connectivity index (χ2n) is 3.49. The number of nitrogens with one attached hydrogen (secondary N) is 2. The number of amides is 2. The second-order valence-corrected chi connectivity index (χ2v) is 3.49. The Kier molecular flexibility index (Phi) is 2.49. The standard InChI is InChI=1S/C10H9F3N2O/c11-10(12,13)7-4-2-1-3-6(7)8-5-14-9(16)15-8/h1-4,8H,5H2,(H2,14,15,16)/t8-/m0/s1. The molecular weight excluding hydrogens is 221 g/mol. The van der Waals surface area contributed by atoms with Crippen LogP contribution in [-0.4, -0.2) is 12.6 Å². The highest BCUT2D eigenvalue weighted by Gasteiger charge is 2.36. The fourth-order valence-electron chi connectivity index (χ4n) is 1.70. The van der Waals surface area contributed by atoms with Crippen LogP contribution in [0, 0.1) is 0 Å². The monoisotopic (exact) mass is 230 g/mol. The van der Waals surface area contributed by atoms with Crippen molar-refractivity contribution in [1.29, 1.82) is 0 Å². The topological polar surface area (TPSA) is 41.1 Å². The first-order chi connectivity index (χ1) is 7.48. The minimum atomic E-state index is -4.40. The number of carbonyl (C=O) groups excluding carboxylic acids is 1. The van der Waals surface area contributed by atoms with E-state index in [0.29, 0.717) is 0 Å². The van der Waals surface area contributed by atoms with E-state index in [1.54, 1.807) is 0 Å². The highest BCUT2D eigenvalue weighted by molar-refractivity contribution is 5.77. The van der Waals surface area contributed by atoms with Crippen molar-refractivity contribution >= 4 is 6.03 Å². The molecule has 1 saturated heterocycles. The van der Waals surface area contributed by atoms with E-state index in [2.05, 4.69) is 10.6 Å². The first-order valence-electron chi connectivity index (χ1n) is 4.69. The van der Waals surface area contributed by atoms with Crippen molar-refractivity contribution in [3.05, 3.63) is 35.4 Å². The van der Waals surface area contributed by atoms with E-state index in [0.717, 1.165) is 6.07 Å². The van der Waals surface area contributed by atoms with Crippen LogP contribution in [0.3, 0.4) is 0 Å². The summed E-state index contributed by atoms with van der Waals surface area (Å²) in [6, 6.07) is 4.18. The molecule has 2 rings (SSSR count). The third-order valence-corrected chi connectivity index (χ3v) is 2.41. The van der Waals surface area contributed by atoms with Gasteiger partial charge in [-0.25, -0.2) is 4.79 Å². The number of carbonyl (C=O) groups is 1. The molecule has 0 radical (unpaired) electrons. The lowest BCUT2D eigenvalue weighted by atomic mass is 10.0. The van der Waals surface area contributed by atoms with Crippen LogP contribution in [-0.2, 0) is 6.18 Å². The van der Waals surface area contributed by atoms with Gasteiger partial charge in [0.2, 0.25) is 0 Å². The van der Waals surface area contributed by atoms with Crippen LogP contribution in [0.15, 0.2) is 24.3 Å². The van der Waals surface area contributed by atoms with Gasteiger partial charge in [-0.05, 0) is 11.6 Å². The Labute approximate surface area is 89.6 Å². The third kappa shape index (κ3) is 1.95. The lowest BCUT2D eigenvalue weighted by Crippen LogP contribution is -2.23. The summed E-state index contributed by atoms with van der Waals surface area (Å²) in [5, 5.41) is 4.86. The van der Waals surface area contributed by atoms with Crippen molar-refractivity contribution in [2.24, 2.45) is 0 Å². The molecular formula is C10H9F3N2O. The van der Waals surface area contributed by atoms with E-state index in [1.807, 2.05) is 0 Å². The predicted molar refractivity (Wildman–Crippen MR) is 50.7 cm³/mol. The van der Waals surface area contributed by atoms with Crippen LogP contribution >= 0.6 is 0 Å². The molecule has 0 unspecified atom stereocenters. The lowest BCUT2D eigenvalue weighted by Gasteiger charge is -2.16. The number of rotatable bonds is 1. The quantitative estimate of drug-likeness (QED) is 0.761. The SMILES string of the molecule is O=C1NC[C@@H](c2ccccc2C(F)(F)F)N1. The van der Waals surface area contributed by atoms with Crippen LogP contribution in [0.25, 0.3) is 0 Å². The Bertz CT molecular complexity index is 417. The second kappa shape index (κ2) is 3.70. The summed E-state index contributed by atoms with van der Waals surface area (Å²) in [5.41, 5.74) is -0.614. The first kappa shape index (κ1) is 10.8. The predicted octanol–water partition coefficient (Wildman–Crippen LogP) is 2.06. The summed E-state index contributed by atoms with van der Waals surface area (Å²) < 4.78 is 38.0. The van der Waals surface area contributed by atoms with Gasteiger partial charge in [0, 0.05) is 6.54 Å². The van der Waals surface area contributed by atoms with Crippen molar-refractivity contribution < 1.29 is 18.0 Å². The Hall–Kier alpha value is -1.72. The van der Waals surface area contributed by atoms with E-state index < -0.39 is 23.8 Å². The van der Waals surface area contributed by atoms with E-state index in [1.165, 1.54) is 18.2 Å². The summed E-state index contributed by atoms with van der Waals surface area (Å²) in [5.74, 6) is 0. The molecule has 0 bridgehead atoms. The fraction of sp³-hybridized carbons (Fsp3) is 0.300. The van der Waals surface area contributed by atoms with Gasteiger partial charge in [0.25, 0.3) is 0 Å². The molecule has 1 aliphatic rings. The molecule has 6 heteroatoms. The normalized spacial score (nSPS) is 20.4. The maximum atomic E-state index is 12.7. The van der Waals surface area contributed by atoms with Gasteiger partial charge >= 0.3 is 12.2 Å². The zero-order valence-corrected chi connectivity index (χ0v) is 8.14. The van der Waals surface area contributed by atoms with Gasteiger partial charge < -0.3 is 10.6 Å². The smallest absolute Gasteiger partial charge is 0.336 e. The highest BCUT2D eigenvalue weighted by Crippen LogP contribution is 2.34. The largest absolute Gasteiger partial charge is 0.416 e. The van der Waals surface area contributed by atoms with E-state index in [4.69, 9.17) is 0 Å². The fourth-order valence-corrected chi connectivity index (χ4v) is 1.70. The molecule has 1 heterocycles. The molecule has 3 nitrogen and oxygen atoms in total. The number of halogens is 3. The van der Waals surface area contributed by atoms with Crippen molar-refractivity contribution in [3.63, 3.8) is 0 Å². The summed E-state index contributed by atoms with van der Waals surface area (Å²) in [6.07, 6.45) is -4.40. The Morgan fingerprint density at radius 3 is 2.50 bits per heavy atom. The number of urea groups is 1. The van der Waals surface area contributed by atoms with E-state index in [9.17, 15) is 18.0 Å². The zero-order valence-electron chi connectivity index (χ0n) is 8.14. The average Bonchev–Trinajstić information content (AvgIpc) is 2.64. The molecule has 0 aliphatic carbocycles. The molecule has 1 aromatic rings. The van der Waals surface area contributed by atoms with Crippen molar-refractivity contribution in [2.75, 3.05) is 6.54 Å². The molecule has 0 spiro atoms. The number of alkyl halides is 3. The van der Waals surface area contributed by atoms with E-state index >= 15 is 0 Å². The molecule has 1 aliphatic heterocycles. The minimum absolute atomic E-state index is 0.0911. The van der Waals surface area contributed by atoms with Gasteiger partial charge in [0.05, 0.1) is 11.6 Å². The molecule has 2 amide bonds. The van der Waals surface area contributed by atoms with Crippen molar-refractivity contribution in [3.8, 4) is 0 Å². The maximum Gasteiger partial charge on any atom is 0.416 e. The van der Waals surface area contributed by atoms with Gasteiger partial charge in [-0.3, -0.25) is 0 Å². The third-order valence-electron chi connectivity index (χ3n) is 2.41. The molecule has 2 N–H and O–H groups in total.